The van der Waals surface area contributed by atoms with Gasteiger partial charge in [0.2, 0.25) is 4.96 Å². The van der Waals surface area contributed by atoms with Crippen LogP contribution in [0, 0.1) is 6.92 Å². The zero-order valence-corrected chi connectivity index (χ0v) is 9.12. The van der Waals surface area contributed by atoms with Gasteiger partial charge in [-0.2, -0.15) is 0 Å². The van der Waals surface area contributed by atoms with Gasteiger partial charge in [0, 0.05) is 23.9 Å². The van der Waals surface area contributed by atoms with Crippen LogP contribution in [-0.4, -0.2) is 25.7 Å². The number of fused-ring (bicyclic) bond motifs is 1. The molecular weight excluding hydrogens is 214 g/mol. The van der Waals surface area contributed by atoms with E-state index >= 15 is 0 Å². The summed E-state index contributed by atoms with van der Waals surface area (Å²) in [4.78, 5) is 11.2. The van der Waals surface area contributed by atoms with Gasteiger partial charge in [0.05, 0.1) is 0 Å². The molecule has 2 aromatic rings. The maximum Gasteiger partial charge on any atom is 0.303 e. The van der Waals surface area contributed by atoms with Crippen LogP contribution >= 0.6 is 11.3 Å². The molecule has 2 aromatic heterocycles. The molecule has 0 saturated carbocycles. The molecule has 0 aliphatic rings. The molecule has 0 aromatic carbocycles. The lowest BCUT2D eigenvalue weighted by Crippen LogP contribution is -1.99. The highest BCUT2D eigenvalue weighted by Gasteiger charge is 2.09. The van der Waals surface area contributed by atoms with Crippen LogP contribution in [0.3, 0.4) is 0 Å². The average Bonchev–Trinajstić information content (AvgIpc) is 2.71. The fraction of sp³-hybridized carbons (Fsp3) is 0.444. The number of aryl methyl sites for hydroxylation is 2. The Morgan fingerprint density at radius 2 is 2.40 bits per heavy atom. The highest BCUT2D eigenvalue weighted by molar-refractivity contribution is 7.15. The topological polar surface area (TPSA) is 67.5 Å². The van der Waals surface area contributed by atoms with Gasteiger partial charge < -0.3 is 5.11 Å². The van der Waals surface area contributed by atoms with E-state index in [-0.39, 0.29) is 6.42 Å². The smallest absolute Gasteiger partial charge is 0.303 e. The molecule has 1 N–H and O–H groups in total. The summed E-state index contributed by atoms with van der Waals surface area (Å²) >= 11 is 1.55. The number of hydrogen-bond donors (Lipinski definition) is 1. The molecule has 0 saturated heterocycles. The van der Waals surface area contributed by atoms with Crippen molar-refractivity contribution in [2.24, 2.45) is 0 Å². The van der Waals surface area contributed by atoms with Gasteiger partial charge in [-0.25, -0.2) is 0 Å². The van der Waals surface area contributed by atoms with Crippen molar-refractivity contribution < 1.29 is 9.90 Å². The number of carboxylic acids is 1. The predicted molar refractivity (Wildman–Crippen MR) is 56.2 cm³/mol. The lowest BCUT2D eigenvalue weighted by Gasteiger charge is -1.97. The molecular formula is C9H11N3O2S. The van der Waals surface area contributed by atoms with Crippen LogP contribution < -0.4 is 0 Å². The number of hydrogen-bond acceptors (Lipinski definition) is 4. The number of nitrogens with zero attached hydrogens (tertiary/aromatic N) is 3. The molecule has 5 nitrogen and oxygen atoms in total. The second kappa shape index (κ2) is 3.98. The summed E-state index contributed by atoms with van der Waals surface area (Å²) in [6.45, 7) is 1.99. The van der Waals surface area contributed by atoms with Crippen molar-refractivity contribution >= 4 is 22.3 Å². The lowest BCUT2D eigenvalue weighted by atomic mass is 10.2. The quantitative estimate of drug-likeness (QED) is 0.856. The standard InChI is InChI=1S/C9H11N3O2S/c1-6-5-15-9-11-10-7(12(6)9)3-2-4-8(13)14/h5H,2-4H2,1H3,(H,13,14). The highest BCUT2D eigenvalue weighted by Crippen LogP contribution is 2.16. The van der Waals surface area contributed by atoms with E-state index in [0.29, 0.717) is 12.8 Å². The summed E-state index contributed by atoms with van der Waals surface area (Å²) < 4.78 is 1.98. The van der Waals surface area contributed by atoms with Crippen LogP contribution in [0.2, 0.25) is 0 Å². The first-order valence-electron chi connectivity index (χ1n) is 4.68. The molecule has 0 fully saturated rings. The van der Waals surface area contributed by atoms with Crippen LogP contribution in [0.5, 0.6) is 0 Å². The number of aliphatic carboxylic acids is 1. The minimum Gasteiger partial charge on any atom is -0.481 e. The van der Waals surface area contributed by atoms with E-state index in [0.717, 1.165) is 16.5 Å². The van der Waals surface area contributed by atoms with E-state index < -0.39 is 5.97 Å². The van der Waals surface area contributed by atoms with Crippen LogP contribution in [0.15, 0.2) is 5.38 Å². The fourth-order valence-electron chi connectivity index (χ4n) is 1.48. The largest absolute Gasteiger partial charge is 0.481 e. The van der Waals surface area contributed by atoms with Gasteiger partial charge in [0.15, 0.2) is 0 Å². The summed E-state index contributed by atoms with van der Waals surface area (Å²) in [5, 5.41) is 18.6. The summed E-state index contributed by atoms with van der Waals surface area (Å²) in [7, 11) is 0. The predicted octanol–water partition coefficient (Wildman–Crippen LogP) is 1.51. The minimum absolute atomic E-state index is 0.179. The zero-order chi connectivity index (χ0) is 10.8. The first-order valence-corrected chi connectivity index (χ1v) is 5.56. The number of carboxylic acid groups (broad SMARTS) is 1. The molecule has 0 aliphatic heterocycles. The van der Waals surface area contributed by atoms with Crippen LogP contribution in [0.4, 0.5) is 0 Å². The normalized spacial score (nSPS) is 11.0. The number of thiazole rings is 1. The summed E-state index contributed by atoms with van der Waals surface area (Å²) in [6.07, 6.45) is 1.44. The van der Waals surface area contributed by atoms with Crippen molar-refractivity contribution in [3.05, 3.63) is 16.9 Å². The van der Waals surface area contributed by atoms with Crippen molar-refractivity contribution in [3.63, 3.8) is 0 Å². The van der Waals surface area contributed by atoms with Crippen molar-refractivity contribution in [1.29, 1.82) is 0 Å². The Bertz CT molecular complexity index is 488. The highest BCUT2D eigenvalue weighted by atomic mass is 32.1. The van der Waals surface area contributed by atoms with Crippen molar-refractivity contribution in [2.75, 3.05) is 0 Å². The second-order valence-electron chi connectivity index (χ2n) is 3.36. The zero-order valence-electron chi connectivity index (χ0n) is 8.30. The molecule has 6 heteroatoms. The van der Waals surface area contributed by atoms with Crippen LogP contribution in [0.1, 0.15) is 24.4 Å². The molecule has 0 atom stereocenters. The van der Waals surface area contributed by atoms with E-state index in [9.17, 15) is 4.79 Å². The maximum atomic E-state index is 10.4. The number of rotatable bonds is 4. The summed E-state index contributed by atoms with van der Waals surface area (Å²) in [5.74, 6) is 0.0859. The van der Waals surface area contributed by atoms with Gasteiger partial charge in [-0.15, -0.1) is 21.5 Å². The van der Waals surface area contributed by atoms with Crippen molar-refractivity contribution in [1.82, 2.24) is 14.6 Å². The number of aromatic nitrogens is 3. The third kappa shape index (κ3) is 1.99. The molecule has 0 radical (unpaired) electrons. The summed E-state index contributed by atoms with van der Waals surface area (Å²) in [6, 6.07) is 0. The second-order valence-corrected chi connectivity index (χ2v) is 4.20. The molecule has 2 heterocycles. The van der Waals surface area contributed by atoms with Gasteiger partial charge in [-0.3, -0.25) is 9.20 Å². The van der Waals surface area contributed by atoms with Crippen LogP contribution in [0.25, 0.3) is 4.96 Å². The van der Waals surface area contributed by atoms with E-state index in [4.69, 9.17) is 5.11 Å². The van der Waals surface area contributed by atoms with Gasteiger partial charge in [0.25, 0.3) is 0 Å². The van der Waals surface area contributed by atoms with E-state index in [1.54, 1.807) is 11.3 Å². The Morgan fingerprint density at radius 1 is 1.60 bits per heavy atom. The van der Waals surface area contributed by atoms with Crippen LogP contribution in [-0.2, 0) is 11.2 Å². The Morgan fingerprint density at radius 3 is 3.13 bits per heavy atom. The van der Waals surface area contributed by atoms with Crippen molar-refractivity contribution in [3.8, 4) is 0 Å². The van der Waals surface area contributed by atoms with Crippen molar-refractivity contribution in [2.45, 2.75) is 26.2 Å². The third-order valence-electron chi connectivity index (χ3n) is 2.18. The minimum atomic E-state index is -0.766. The first kappa shape index (κ1) is 10.1. The summed E-state index contributed by atoms with van der Waals surface area (Å²) in [5.41, 5.74) is 1.10. The van der Waals surface area contributed by atoms with Gasteiger partial charge in [-0.05, 0) is 13.3 Å². The molecule has 0 spiro atoms. The third-order valence-corrected chi connectivity index (χ3v) is 3.11. The average molecular weight is 225 g/mol. The Balaban J connectivity index is 2.13. The van der Waals surface area contributed by atoms with Gasteiger partial charge in [0.1, 0.15) is 5.82 Å². The molecule has 0 amide bonds. The number of carbonyl (C=O) groups is 1. The van der Waals surface area contributed by atoms with E-state index in [1.807, 2.05) is 16.7 Å². The lowest BCUT2D eigenvalue weighted by molar-refractivity contribution is -0.137. The molecule has 80 valence electrons. The first-order chi connectivity index (χ1) is 7.18. The Kier molecular flexibility index (Phi) is 2.68. The van der Waals surface area contributed by atoms with E-state index in [2.05, 4.69) is 10.2 Å². The fourth-order valence-corrected chi connectivity index (χ4v) is 2.31. The molecule has 0 bridgehead atoms. The maximum absolute atomic E-state index is 10.4. The Labute approximate surface area is 90.4 Å². The van der Waals surface area contributed by atoms with E-state index in [1.165, 1.54) is 0 Å². The SMILES string of the molecule is Cc1csc2nnc(CCCC(=O)O)n12. The molecule has 0 unspecified atom stereocenters. The van der Waals surface area contributed by atoms with Gasteiger partial charge >= 0.3 is 5.97 Å². The molecule has 0 aliphatic carbocycles. The monoisotopic (exact) mass is 225 g/mol. The Hall–Kier alpha value is -1.43. The van der Waals surface area contributed by atoms with Gasteiger partial charge in [-0.1, -0.05) is 0 Å². The molecule has 2 rings (SSSR count). The molecule has 15 heavy (non-hydrogen) atoms.